The smallest absolute Gasteiger partial charge is 0.241 e. The van der Waals surface area contributed by atoms with E-state index in [9.17, 15) is 9.59 Å². The Labute approximate surface area is 137 Å². The van der Waals surface area contributed by atoms with E-state index in [0.717, 1.165) is 24.1 Å². The molecule has 1 aromatic carbocycles. The molecule has 2 rings (SSSR count). The number of benzene rings is 1. The van der Waals surface area contributed by atoms with Gasteiger partial charge in [0.05, 0.1) is 0 Å². The van der Waals surface area contributed by atoms with Crippen LogP contribution in [0.4, 0.5) is 0 Å². The van der Waals surface area contributed by atoms with E-state index in [-0.39, 0.29) is 30.3 Å². The van der Waals surface area contributed by atoms with Crippen molar-refractivity contribution in [1.29, 1.82) is 0 Å². The molecular weight excluding hydrogens is 302 g/mol. The van der Waals surface area contributed by atoms with Crippen LogP contribution in [0.25, 0.3) is 0 Å². The van der Waals surface area contributed by atoms with E-state index in [1.165, 1.54) is 0 Å². The highest BCUT2D eigenvalue weighted by Crippen LogP contribution is 2.13. The van der Waals surface area contributed by atoms with Gasteiger partial charge < -0.3 is 16.0 Å². The van der Waals surface area contributed by atoms with Gasteiger partial charge in [0, 0.05) is 25.6 Å². The molecule has 0 spiro atoms. The Kier molecular flexibility index (Phi) is 6.84. The zero-order chi connectivity index (χ0) is 15.4. The molecule has 0 radical (unpaired) electrons. The summed E-state index contributed by atoms with van der Waals surface area (Å²) < 4.78 is 0. The van der Waals surface area contributed by atoms with E-state index >= 15 is 0 Å². The van der Waals surface area contributed by atoms with Crippen LogP contribution in [0.2, 0.25) is 0 Å². The second kappa shape index (κ2) is 8.15. The summed E-state index contributed by atoms with van der Waals surface area (Å²) in [7, 11) is 0. The largest absolute Gasteiger partial charge is 0.350 e. The molecule has 1 saturated heterocycles. The van der Waals surface area contributed by atoms with Gasteiger partial charge in [0.15, 0.2) is 0 Å². The van der Waals surface area contributed by atoms with E-state index in [4.69, 9.17) is 5.73 Å². The van der Waals surface area contributed by atoms with Crippen molar-refractivity contribution in [3.63, 3.8) is 0 Å². The predicted molar refractivity (Wildman–Crippen MR) is 88.8 cm³/mol. The van der Waals surface area contributed by atoms with Gasteiger partial charge in [-0.3, -0.25) is 9.59 Å². The van der Waals surface area contributed by atoms with Crippen molar-refractivity contribution in [3.8, 4) is 0 Å². The molecule has 2 unspecified atom stereocenters. The van der Waals surface area contributed by atoms with E-state index in [1.807, 2.05) is 38.1 Å². The number of hydrogen-bond acceptors (Lipinski definition) is 3. The summed E-state index contributed by atoms with van der Waals surface area (Å²) in [5, 5.41) is 2.88. The Morgan fingerprint density at radius 3 is 2.55 bits per heavy atom. The van der Waals surface area contributed by atoms with Crippen LogP contribution in [-0.2, 0) is 9.59 Å². The summed E-state index contributed by atoms with van der Waals surface area (Å²) in [6.45, 7) is 5.21. The number of carbonyl (C=O) groups excluding carboxylic acids is 2. The number of hydrogen-bond donors (Lipinski definition) is 2. The second-order valence-corrected chi connectivity index (χ2v) is 5.74. The molecule has 1 heterocycles. The summed E-state index contributed by atoms with van der Waals surface area (Å²) in [5.41, 5.74) is 7.91. The van der Waals surface area contributed by atoms with Crippen molar-refractivity contribution < 1.29 is 9.59 Å². The van der Waals surface area contributed by atoms with Gasteiger partial charge in [-0.05, 0) is 25.8 Å². The topological polar surface area (TPSA) is 75.4 Å². The van der Waals surface area contributed by atoms with E-state index in [2.05, 4.69) is 5.32 Å². The number of nitrogens with zero attached hydrogens (tertiary/aromatic N) is 1. The maximum Gasteiger partial charge on any atom is 0.241 e. The monoisotopic (exact) mass is 325 g/mol. The molecule has 3 N–H and O–H groups in total. The lowest BCUT2D eigenvalue weighted by atomic mass is 10.1. The molecule has 122 valence electrons. The highest BCUT2D eigenvalue weighted by Gasteiger charge is 2.23. The number of nitrogens with two attached hydrogens (primary N) is 1. The third-order valence-electron chi connectivity index (χ3n) is 3.77. The molecule has 1 fully saturated rings. The minimum Gasteiger partial charge on any atom is -0.350 e. The van der Waals surface area contributed by atoms with Crippen molar-refractivity contribution in [3.05, 3.63) is 35.4 Å². The van der Waals surface area contributed by atoms with Crippen LogP contribution in [-0.4, -0.2) is 35.8 Å². The standard InChI is InChI=1S/C16H23N3O2.ClH/c1-11-5-7-13(8-6-11)15(17)16(21)18-12(2)10-19-9-3-4-14(19)20;/h5-8,12,15H,3-4,9-10,17H2,1-2H3,(H,18,21);1H. The van der Waals surface area contributed by atoms with Gasteiger partial charge in [0.2, 0.25) is 11.8 Å². The molecule has 1 aliphatic heterocycles. The zero-order valence-corrected chi connectivity index (χ0v) is 13.9. The zero-order valence-electron chi connectivity index (χ0n) is 13.0. The molecule has 1 aliphatic rings. The van der Waals surface area contributed by atoms with E-state index < -0.39 is 6.04 Å². The lowest BCUT2D eigenvalue weighted by molar-refractivity contribution is -0.129. The van der Waals surface area contributed by atoms with Crippen molar-refractivity contribution in [2.75, 3.05) is 13.1 Å². The fourth-order valence-electron chi connectivity index (χ4n) is 2.53. The molecule has 2 amide bonds. The van der Waals surface area contributed by atoms with Crippen LogP contribution >= 0.6 is 12.4 Å². The van der Waals surface area contributed by atoms with Crippen LogP contribution in [0.15, 0.2) is 24.3 Å². The molecule has 0 bridgehead atoms. The van der Waals surface area contributed by atoms with Crippen molar-refractivity contribution >= 4 is 24.2 Å². The first-order chi connectivity index (χ1) is 9.97. The fraction of sp³-hybridized carbons (Fsp3) is 0.500. The highest BCUT2D eigenvalue weighted by atomic mass is 35.5. The Morgan fingerprint density at radius 1 is 1.36 bits per heavy atom. The quantitative estimate of drug-likeness (QED) is 0.862. The van der Waals surface area contributed by atoms with Crippen LogP contribution < -0.4 is 11.1 Å². The summed E-state index contributed by atoms with van der Waals surface area (Å²) in [6.07, 6.45) is 1.52. The van der Waals surface area contributed by atoms with Gasteiger partial charge in [-0.1, -0.05) is 29.8 Å². The van der Waals surface area contributed by atoms with Crippen LogP contribution in [0, 0.1) is 6.92 Å². The number of likely N-dealkylation sites (tertiary alicyclic amines) is 1. The van der Waals surface area contributed by atoms with Crippen molar-refractivity contribution in [1.82, 2.24) is 10.2 Å². The summed E-state index contributed by atoms with van der Waals surface area (Å²) >= 11 is 0. The molecule has 0 saturated carbocycles. The first-order valence-corrected chi connectivity index (χ1v) is 7.37. The van der Waals surface area contributed by atoms with Gasteiger partial charge in [0.1, 0.15) is 6.04 Å². The van der Waals surface area contributed by atoms with Gasteiger partial charge in [-0.2, -0.15) is 0 Å². The third-order valence-corrected chi connectivity index (χ3v) is 3.77. The van der Waals surface area contributed by atoms with Crippen molar-refractivity contribution in [2.24, 2.45) is 5.73 Å². The van der Waals surface area contributed by atoms with Gasteiger partial charge >= 0.3 is 0 Å². The normalized spacial score (nSPS) is 16.9. The SMILES string of the molecule is Cc1ccc(C(N)C(=O)NC(C)CN2CCCC2=O)cc1.Cl. The number of amides is 2. The lowest BCUT2D eigenvalue weighted by Crippen LogP contribution is -2.45. The van der Waals surface area contributed by atoms with E-state index in [0.29, 0.717) is 13.0 Å². The minimum absolute atomic E-state index is 0. The van der Waals surface area contributed by atoms with Crippen molar-refractivity contribution in [2.45, 2.75) is 38.8 Å². The molecule has 6 heteroatoms. The molecule has 2 atom stereocenters. The lowest BCUT2D eigenvalue weighted by Gasteiger charge is -2.23. The maximum absolute atomic E-state index is 12.2. The number of aryl methyl sites for hydroxylation is 1. The molecular formula is C16H24ClN3O2. The van der Waals surface area contributed by atoms with Gasteiger partial charge in [-0.25, -0.2) is 0 Å². The number of halogens is 1. The van der Waals surface area contributed by atoms with E-state index in [1.54, 1.807) is 4.90 Å². The third kappa shape index (κ3) is 4.71. The Morgan fingerprint density at radius 2 is 2.00 bits per heavy atom. The minimum atomic E-state index is -0.678. The summed E-state index contributed by atoms with van der Waals surface area (Å²) in [6, 6.07) is 6.84. The summed E-state index contributed by atoms with van der Waals surface area (Å²) in [5.74, 6) is -0.0445. The first kappa shape index (κ1) is 18.5. The highest BCUT2D eigenvalue weighted by molar-refractivity contribution is 5.85. The summed E-state index contributed by atoms with van der Waals surface area (Å²) in [4.78, 5) is 25.5. The number of nitrogens with one attached hydrogen (secondary N) is 1. The fourth-order valence-corrected chi connectivity index (χ4v) is 2.53. The molecule has 0 aliphatic carbocycles. The average Bonchev–Trinajstić information content (AvgIpc) is 2.84. The number of rotatable bonds is 5. The second-order valence-electron chi connectivity index (χ2n) is 5.74. The van der Waals surface area contributed by atoms with Crippen LogP contribution in [0.5, 0.6) is 0 Å². The Balaban J connectivity index is 0.00000242. The van der Waals surface area contributed by atoms with Gasteiger partial charge in [-0.15, -0.1) is 12.4 Å². The first-order valence-electron chi connectivity index (χ1n) is 7.37. The maximum atomic E-state index is 12.2. The molecule has 22 heavy (non-hydrogen) atoms. The predicted octanol–water partition coefficient (Wildman–Crippen LogP) is 1.54. The van der Waals surface area contributed by atoms with Gasteiger partial charge in [0.25, 0.3) is 0 Å². The molecule has 5 nitrogen and oxygen atoms in total. The number of carbonyl (C=O) groups is 2. The average molecular weight is 326 g/mol. The molecule has 1 aromatic rings. The Hall–Kier alpha value is -1.59. The molecule has 0 aromatic heterocycles. The Bertz CT molecular complexity index is 519. The van der Waals surface area contributed by atoms with Crippen LogP contribution in [0.1, 0.15) is 36.9 Å². The van der Waals surface area contributed by atoms with Crippen LogP contribution in [0.3, 0.4) is 0 Å².